The molecule has 1 aromatic rings. The largest absolute Gasteiger partial charge is 0.379 e. The molecule has 0 bridgehead atoms. The van der Waals surface area contributed by atoms with Gasteiger partial charge in [-0.05, 0) is 50.6 Å². The predicted octanol–water partition coefficient (Wildman–Crippen LogP) is 2.44. The van der Waals surface area contributed by atoms with E-state index < -0.39 is 0 Å². The molecule has 134 valence electrons. The van der Waals surface area contributed by atoms with Crippen LogP contribution in [0.5, 0.6) is 0 Å². The van der Waals surface area contributed by atoms with E-state index >= 15 is 0 Å². The highest BCUT2D eigenvalue weighted by molar-refractivity contribution is 5.92. The fourth-order valence-corrected chi connectivity index (χ4v) is 3.35. The van der Waals surface area contributed by atoms with Crippen LogP contribution in [0.1, 0.15) is 31.4 Å². The van der Waals surface area contributed by atoms with Gasteiger partial charge in [0.1, 0.15) is 0 Å². The summed E-state index contributed by atoms with van der Waals surface area (Å²) in [5.41, 5.74) is 2.18. The molecule has 1 unspecified atom stereocenters. The number of piperidine rings is 1. The monoisotopic (exact) mass is 353 g/mol. The molecule has 2 aliphatic heterocycles. The number of morpholine rings is 1. The van der Waals surface area contributed by atoms with Gasteiger partial charge in [-0.15, -0.1) is 12.4 Å². The quantitative estimate of drug-likeness (QED) is 0.873. The second-order valence-electron chi connectivity index (χ2n) is 6.46. The Morgan fingerprint density at radius 2 is 1.83 bits per heavy atom. The van der Waals surface area contributed by atoms with E-state index in [0.717, 1.165) is 57.9 Å². The minimum Gasteiger partial charge on any atom is -0.379 e. The molecule has 0 saturated carbocycles. The Morgan fingerprint density at radius 3 is 2.46 bits per heavy atom. The first kappa shape index (κ1) is 19.2. The summed E-state index contributed by atoms with van der Waals surface area (Å²) in [5.74, 6) is 0.295. The number of carbonyl (C=O) groups excluding carboxylic acids is 1. The van der Waals surface area contributed by atoms with Crippen molar-refractivity contribution in [2.45, 2.75) is 25.8 Å². The molecule has 1 atom stereocenters. The van der Waals surface area contributed by atoms with Gasteiger partial charge in [0.15, 0.2) is 0 Å². The molecule has 0 radical (unpaired) electrons. The van der Waals surface area contributed by atoms with E-state index in [0.29, 0.717) is 6.04 Å². The maximum Gasteiger partial charge on any atom is 0.227 e. The molecule has 2 aliphatic rings. The average Bonchev–Trinajstić information content (AvgIpc) is 2.63. The number of anilines is 1. The number of hydrogen-bond acceptors (Lipinski definition) is 4. The van der Waals surface area contributed by atoms with Crippen molar-refractivity contribution in [3.05, 3.63) is 29.8 Å². The first-order valence-corrected chi connectivity index (χ1v) is 8.67. The SMILES string of the molecule is CC(c1ccc(NC(=O)C2CCNCC2)cc1)N1CCOCC1.Cl. The van der Waals surface area contributed by atoms with Crippen LogP contribution in [0.4, 0.5) is 5.69 Å². The molecule has 6 heteroatoms. The van der Waals surface area contributed by atoms with Gasteiger partial charge in [-0.1, -0.05) is 12.1 Å². The van der Waals surface area contributed by atoms with Gasteiger partial charge in [-0.3, -0.25) is 9.69 Å². The Balaban J connectivity index is 0.00000208. The number of ether oxygens (including phenoxy) is 1. The Morgan fingerprint density at radius 1 is 1.21 bits per heavy atom. The Hall–Kier alpha value is -1.14. The van der Waals surface area contributed by atoms with Crippen LogP contribution in [-0.2, 0) is 9.53 Å². The fourth-order valence-electron chi connectivity index (χ4n) is 3.35. The maximum absolute atomic E-state index is 12.3. The Kier molecular flexibility index (Phi) is 7.49. The normalized spacial score (nSPS) is 20.9. The van der Waals surface area contributed by atoms with Gasteiger partial charge in [-0.25, -0.2) is 0 Å². The van der Waals surface area contributed by atoms with Gasteiger partial charge in [0.25, 0.3) is 0 Å². The summed E-state index contributed by atoms with van der Waals surface area (Å²) in [6, 6.07) is 8.67. The minimum absolute atomic E-state index is 0. The van der Waals surface area contributed by atoms with Crippen molar-refractivity contribution >= 4 is 24.0 Å². The van der Waals surface area contributed by atoms with Gasteiger partial charge in [0.05, 0.1) is 13.2 Å². The van der Waals surface area contributed by atoms with Crippen molar-refractivity contribution in [3.63, 3.8) is 0 Å². The number of halogens is 1. The van der Waals surface area contributed by atoms with Crippen LogP contribution in [-0.4, -0.2) is 50.2 Å². The lowest BCUT2D eigenvalue weighted by Crippen LogP contribution is -2.38. The number of nitrogens with one attached hydrogen (secondary N) is 2. The minimum atomic E-state index is 0. The summed E-state index contributed by atoms with van der Waals surface area (Å²) in [7, 11) is 0. The van der Waals surface area contributed by atoms with Crippen LogP contribution in [0.3, 0.4) is 0 Å². The lowest BCUT2D eigenvalue weighted by Gasteiger charge is -2.32. The summed E-state index contributed by atoms with van der Waals surface area (Å²) < 4.78 is 5.41. The summed E-state index contributed by atoms with van der Waals surface area (Å²) in [6.45, 7) is 7.70. The van der Waals surface area contributed by atoms with Crippen LogP contribution >= 0.6 is 12.4 Å². The van der Waals surface area contributed by atoms with E-state index in [1.165, 1.54) is 5.56 Å². The summed E-state index contributed by atoms with van der Waals surface area (Å²) in [4.78, 5) is 14.7. The highest BCUT2D eigenvalue weighted by Gasteiger charge is 2.21. The smallest absolute Gasteiger partial charge is 0.227 e. The van der Waals surface area contributed by atoms with Crippen molar-refractivity contribution in [1.29, 1.82) is 0 Å². The zero-order valence-corrected chi connectivity index (χ0v) is 15.1. The molecule has 2 fully saturated rings. The molecule has 2 saturated heterocycles. The topological polar surface area (TPSA) is 53.6 Å². The molecule has 2 heterocycles. The van der Waals surface area contributed by atoms with E-state index in [1.807, 2.05) is 12.1 Å². The third kappa shape index (κ3) is 4.93. The van der Waals surface area contributed by atoms with Crippen LogP contribution in [0, 0.1) is 5.92 Å². The molecule has 2 N–H and O–H groups in total. The Bertz CT molecular complexity index is 512. The number of carbonyl (C=O) groups is 1. The predicted molar refractivity (Wildman–Crippen MR) is 98.7 cm³/mol. The maximum atomic E-state index is 12.3. The number of amides is 1. The van der Waals surface area contributed by atoms with Crippen LogP contribution in [0.25, 0.3) is 0 Å². The van der Waals surface area contributed by atoms with E-state index in [9.17, 15) is 4.79 Å². The van der Waals surface area contributed by atoms with Gasteiger partial charge in [0.2, 0.25) is 5.91 Å². The van der Waals surface area contributed by atoms with E-state index in [2.05, 4.69) is 34.6 Å². The molecule has 0 spiro atoms. The second-order valence-corrected chi connectivity index (χ2v) is 6.46. The Labute approximate surface area is 150 Å². The van der Waals surface area contributed by atoms with Crippen molar-refractivity contribution < 1.29 is 9.53 Å². The number of rotatable bonds is 4. The summed E-state index contributed by atoms with van der Waals surface area (Å²) in [5, 5.41) is 6.35. The fraction of sp³-hybridized carbons (Fsp3) is 0.611. The summed E-state index contributed by atoms with van der Waals surface area (Å²) in [6.07, 6.45) is 1.86. The van der Waals surface area contributed by atoms with Crippen LogP contribution in [0.15, 0.2) is 24.3 Å². The average molecular weight is 354 g/mol. The van der Waals surface area contributed by atoms with Gasteiger partial charge in [-0.2, -0.15) is 0 Å². The summed E-state index contributed by atoms with van der Waals surface area (Å²) >= 11 is 0. The van der Waals surface area contributed by atoms with E-state index in [1.54, 1.807) is 0 Å². The van der Waals surface area contributed by atoms with Gasteiger partial charge >= 0.3 is 0 Å². The molecular formula is C18H28ClN3O2. The molecule has 0 aliphatic carbocycles. The third-order valence-electron chi connectivity index (χ3n) is 4.96. The first-order valence-electron chi connectivity index (χ1n) is 8.67. The van der Waals surface area contributed by atoms with E-state index in [-0.39, 0.29) is 24.2 Å². The van der Waals surface area contributed by atoms with Crippen molar-refractivity contribution in [1.82, 2.24) is 10.2 Å². The molecule has 5 nitrogen and oxygen atoms in total. The molecular weight excluding hydrogens is 326 g/mol. The molecule has 1 amide bonds. The number of benzene rings is 1. The zero-order chi connectivity index (χ0) is 16.1. The van der Waals surface area contributed by atoms with Crippen molar-refractivity contribution in [3.8, 4) is 0 Å². The molecule has 24 heavy (non-hydrogen) atoms. The van der Waals surface area contributed by atoms with E-state index in [4.69, 9.17) is 4.74 Å². The van der Waals surface area contributed by atoms with Gasteiger partial charge < -0.3 is 15.4 Å². The molecule has 3 rings (SSSR count). The lowest BCUT2D eigenvalue weighted by molar-refractivity contribution is -0.120. The highest BCUT2D eigenvalue weighted by Crippen LogP contribution is 2.23. The second kappa shape index (κ2) is 9.37. The molecule has 0 aromatic heterocycles. The standard InChI is InChI=1S/C18H27N3O2.ClH/c1-14(21-10-12-23-13-11-21)15-2-4-17(5-3-15)20-18(22)16-6-8-19-9-7-16;/h2-5,14,16,19H,6-13H2,1H3,(H,20,22);1H. The zero-order valence-electron chi connectivity index (χ0n) is 14.3. The first-order chi connectivity index (χ1) is 11.2. The van der Waals surface area contributed by atoms with Crippen LogP contribution in [0.2, 0.25) is 0 Å². The third-order valence-corrected chi connectivity index (χ3v) is 4.96. The molecule has 1 aromatic carbocycles. The van der Waals surface area contributed by atoms with Gasteiger partial charge in [0, 0.05) is 30.7 Å². The highest BCUT2D eigenvalue weighted by atomic mass is 35.5. The number of nitrogens with zero attached hydrogens (tertiary/aromatic N) is 1. The number of hydrogen-bond donors (Lipinski definition) is 2. The van der Waals surface area contributed by atoms with Crippen molar-refractivity contribution in [2.75, 3.05) is 44.7 Å². The lowest BCUT2D eigenvalue weighted by atomic mass is 9.97. The van der Waals surface area contributed by atoms with Crippen molar-refractivity contribution in [2.24, 2.45) is 5.92 Å². The van der Waals surface area contributed by atoms with Crippen LogP contribution < -0.4 is 10.6 Å².